The molecule has 0 bridgehead atoms. The number of hydrogen-bond donors (Lipinski definition) is 0. The van der Waals surface area contributed by atoms with E-state index in [-0.39, 0.29) is 5.69 Å². The number of nitro groups is 1. The molecule has 0 saturated carbocycles. The summed E-state index contributed by atoms with van der Waals surface area (Å²) in [4.78, 5) is 14.7. The van der Waals surface area contributed by atoms with Gasteiger partial charge in [-0.1, -0.05) is 6.92 Å². The summed E-state index contributed by atoms with van der Waals surface area (Å²) >= 11 is 0. The van der Waals surface area contributed by atoms with Gasteiger partial charge in [-0.15, -0.1) is 0 Å². The Morgan fingerprint density at radius 3 is 2.53 bits per heavy atom. The van der Waals surface area contributed by atoms with Crippen molar-refractivity contribution >= 4 is 5.69 Å². The maximum absolute atomic E-state index is 10.5. The number of nitrogens with zero attached hydrogens (tertiary/aromatic N) is 5. The highest BCUT2D eigenvalue weighted by Crippen LogP contribution is 2.09. The normalized spacial score (nSPS) is 18.4. The molecule has 7 nitrogen and oxygen atoms in total. The first-order chi connectivity index (χ1) is 8.19. The Hall–Kier alpha value is -1.47. The molecule has 1 aliphatic rings. The fourth-order valence-corrected chi connectivity index (χ4v) is 1.98. The first-order valence-electron chi connectivity index (χ1n) is 5.80. The summed E-state index contributed by atoms with van der Waals surface area (Å²) in [6.07, 6.45) is 2.77. The Labute approximate surface area is 99.8 Å². The summed E-state index contributed by atoms with van der Waals surface area (Å²) in [6.45, 7) is 7.96. The minimum Gasteiger partial charge on any atom is -0.301 e. The van der Waals surface area contributed by atoms with Gasteiger partial charge in [0, 0.05) is 26.2 Å². The highest BCUT2D eigenvalue weighted by molar-refractivity contribution is 5.20. The zero-order valence-electron chi connectivity index (χ0n) is 9.95. The first-order valence-corrected chi connectivity index (χ1v) is 5.80. The SMILES string of the molecule is CCN1CCN(Cn2cc([N+](=O)[O-])cn2)CC1. The van der Waals surface area contributed by atoms with Crippen molar-refractivity contribution in [1.29, 1.82) is 0 Å². The number of likely N-dealkylation sites (N-methyl/N-ethyl adjacent to an activating group) is 1. The van der Waals surface area contributed by atoms with Gasteiger partial charge in [0.1, 0.15) is 12.4 Å². The van der Waals surface area contributed by atoms with Crippen LogP contribution in [-0.2, 0) is 6.67 Å². The lowest BCUT2D eigenvalue weighted by molar-refractivity contribution is -0.385. The monoisotopic (exact) mass is 239 g/mol. The van der Waals surface area contributed by atoms with Crippen molar-refractivity contribution in [3.63, 3.8) is 0 Å². The molecule has 0 radical (unpaired) electrons. The summed E-state index contributed by atoms with van der Waals surface area (Å²) < 4.78 is 1.62. The zero-order chi connectivity index (χ0) is 12.3. The first kappa shape index (κ1) is 12.0. The van der Waals surface area contributed by atoms with Crippen molar-refractivity contribution in [3.8, 4) is 0 Å². The van der Waals surface area contributed by atoms with Crippen molar-refractivity contribution in [2.45, 2.75) is 13.6 Å². The maximum atomic E-state index is 10.5. The van der Waals surface area contributed by atoms with Crippen LogP contribution in [0.3, 0.4) is 0 Å². The van der Waals surface area contributed by atoms with Crippen LogP contribution in [0, 0.1) is 10.1 Å². The van der Waals surface area contributed by atoms with E-state index in [2.05, 4.69) is 21.8 Å². The highest BCUT2D eigenvalue weighted by atomic mass is 16.6. The second kappa shape index (κ2) is 5.24. The van der Waals surface area contributed by atoms with Crippen molar-refractivity contribution in [2.75, 3.05) is 32.7 Å². The van der Waals surface area contributed by atoms with Gasteiger partial charge in [0.15, 0.2) is 0 Å². The lowest BCUT2D eigenvalue weighted by Gasteiger charge is -2.33. The Balaban J connectivity index is 1.86. The van der Waals surface area contributed by atoms with Gasteiger partial charge in [-0.25, -0.2) is 0 Å². The lowest BCUT2D eigenvalue weighted by Crippen LogP contribution is -2.46. The summed E-state index contributed by atoms with van der Waals surface area (Å²) in [5.41, 5.74) is 0.0530. The van der Waals surface area contributed by atoms with Crippen LogP contribution in [0.1, 0.15) is 6.92 Å². The molecule has 17 heavy (non-hydrogen) atoms. The largest absolute Gasteiger partial charge is 0.307 e. The minimum absolute atomic E-state index is 0.0530. The second-order valence-electron chi connectivity index (χ2n) is 4.19. The lowest BCUT2D eigenvalue weighted by atomic mass is 10.3. The standard InChI is InChI=1S/C10H17N5O2/c1-2-12-3-5-13(6-4-12)9-14-8-10(7-11-14)15(16)17/h7-8H,2-6,9H2,1H3. The average molecular weight is 239 g/mol. The molecule has 1 saturated heterocycles. The molecular weight excluding hydrogens is 222 g/mol. The van der Waals surface area contributed by atoms with Gasteiger partial charge in [0.2, 0.25) is 0 Å². The molecule has 0 atom stereocenters. The molecule has 1 aromatic heterocycles. The van der Waals surface area contributed by atoms with Gasteiger partial charge in [0.05, 0.1) is 11.6 Å². The quantitative estimate of drug-likeness (QED) is 0.561. The molecule has 0 aromatic carbocycles. The molecule has 2 heterocycles. The smallest absolute Gasteiger partial charge is 0.301 e. The van der Waals surface area contributed by atoms with Crippen molar-refractivity contribution in [3.05, 3.63) is 22.5 Å². The molecule has 7 heteroatoms. The number of rotatable bonds is 4. The predicted molar refractivity (Wildman–Crippen MR) is 62.6 cm³/mol. The van der Waals surface area contributed by atoms with E-state index in [1.807, 2.05) is 0 Å². The molecular formula is C10H17N5O2. The Morgan fingerprint density at radius 1 is 1.35 bits per heavy atom. The predicted octanol–water partition coefficient (Wildman–Crippen LogP) is 0.386. The van der Waals surface area contributed by atoms with Crippen LogP contribution in [0.4, 0.5) is 5.69 Å². The van der Waals surface area contributed by atoms with Crippen LogP contribution in [0.25, 0.3) is 0 Å². The highest BCUT2D eigenvalue weighted by Gasteiger charge is 2.16. The molecule has 0 aliphatic carbocycles. The van der Waals surface area contributed by atoms with Crippen LogP contribution in [0.5, 0.6) is 0 Å². The minimum atomic E-state index is -0.418. The molecule has 2 rings (SSSR count). The van der Waals surface area contributed by atoms with Crippen LogP contribution < -0.4 is 0 Å². The van der Waals surface area contributed by atoms with E-state index in [0.717, 1.165) is 32.7 Å². The van der Waals surface area contributed by atoms with Crippen LogP contribution in [-0.4, -0.2) is 57.2 Å². The summed E-state index contributed by atoms with van der Waals surface area (Å²) in [5, 5.41) is 14.5. The Morgan fingerprint density at radius 2 is 2.00 bits per heavy atom. The van der Waals surface area contributed by atoms with Crippen molar-refractivity contribution < 1.29 is 4.92 Å². The van der Waals surface area contributed by atoms with Crippen LogP contribution in [0.2, 0.25) is 0 Å². The van der Waals surface area contributed by atoms with E-state index >= 15 is 0 Å². The van der Waals surface area contributed by atoms with Crippen LogP contribution in [0.15, 0.2) is 12.4 Å². The van der Waals surface area contributed by atoms with E-state index in [9.17, 15) is 10.1 Å². The van der Waals surface area contributed by atoms with E-state index in [1.54, 1.807) is 4.68 Å². The number of aromatic nitrogens is 2. The third-order valence-corrected chi connectivity index (χ3v) is 3.09. The fourth-order valence-electron chi connectivity index (χ4n) is 1.98. The fraction of sp³-hybridized carbons (Fsp3) is 0.700. The van der Waals surface area contributed by atoms with E-state index in [0.29, 0.717) is 6.67 Å². The molecule has 0 amide bonds. The Bertz CT molecular complexity index is 384. The number of piperazine rings is 1. The van der Waals surface area contributed by atoms with Crippen molar-refractivity contribution in [2.24, 2.45) is 0 Å². The summed E-state index contributed by atoms with van der Waals surface area (Å²) in [5.74, 6) is 0. The summed E-state index contributed by atoms with van der Waals surface area (Å²) in [6, 6.07) is 0. The second-order valence-corrected chi connectivity index (χ2v) is 4.19. The van der Waals surface area contributed by atoms with Crippen molar-refractivity contribution in [1.82, 2.24) is 19.6 Å². The molecule has 0 unspecified atom stereocenters. The summed E-state index contributed by atoms with van der Waals surface area (Å²) in [7, 11) is 0. The topological polar surface area (TPSA) is 67.4 Å². The van der Waals surface area contributed by atoms with Gasteiger partial charge in [0.25, 0.3) is 0 Å². The molecule has 1 fully saturated rings. The van der Waals surface area contributed by atoms with E-state index in [4.69, 9.17) is 0 Å². The zero-order valence-corrected chi connectivity index (χ0v) is 9.95. The van der Waals surface area contributed by atoms with E-state index in [1.165, 1.54) is 12.4 Å². The third kappa shape index (κ3) is 3.01. The maximum Gasteiger partial charge on any atom is 0.307 e. The molecule has 94 valence electrons. The van der Waals surface area contributed by atoms with Gasteiger partial charge in [-0.05, 0) is 6.54 Å². The Kier molecular flexibility index (Phi) is 3.70. The molecule has 0 N–H and O–H groups in total. The molecule has 0 spiro atoms. The van der Waals surface area contributed by atoms with Gasteiger partial charge in [-0.2, -0.15) is 5.10 Å². The average Bonchev–Trinajstić information content (AvgIpc) is 2.79. The number of hydrogen-bond acceptors (Lipinski definition) is 5. The van der Waals surface area contributed by atoms with Gasteiger partial charge in [-0.3, -0.25) is 19.7 Å². The van der Waals surface area contributed by atoms with Gasteiger partial charge >= 0.3 is 5.69 Å². The van der Waals surface area contributed by atoms with Crippen LogP contribution >= 0.6 is 0 Å². The van der Waals surface area contributed by atoms with E-state index < -0.39 is 4.92 Å². The third-order valence-electron chi connectivity index (χ3n) is 3.09. The molecule has 1 aromatic rings. The molecule has 1 aliphatic heterocycles. The van der Waals surface area contributed by atoms with Gasteiger partial charge < -0.3 is 4.90 Å².